The SMILES string of the molecule is O=C(O)CCCCNC(=O)C1C(CNC(=O)OCC2c3ccccc3-c3ccccc32)C1(F)F. The normalized spacial score (nSPS) is 19.6. The average molecular weight is 472 g/mol. The third-order valence-corrected chi connectivity index (χ3v) is 6.41. The summed E-state index contributed by atoms with van der Waals surface area (Å²) in [6.07, 6.45) is -0.109. The van der Waals surface area contributed by atoms with Crippen molar-refractivity contribution in [2.45, 2.75) is 31.1 Å². The third-order valence-electron chi connectivity index (χ3n) is 6.41. The molecule has 34 heavy (non-hydrogen) atoms. The minimum atomic E-state index is -3.21. The lowest BCUT2D eigenvalue weighted by atomic mass is 9.98. The number of carbonyl (C=O) groups excluding carboxylic acids is 2. The zero-order chi connectivity index (χ0) is 24.3. The summed E-state index contributed by atoms with van der Waals surface area (Å²) in [5.74, 6) is -7.89. The van der Waals surface area contributed by atoms with Crippen LogP contribution in [0.2, 0.25) is 0 Å². The van der Waals surface area contributed by atoms with Crippen molar-refractivity contribution in [2.24, 2.45) is 11.8 Å². The van der Waals surface area contributed by atoms with Gasteiger partial charge < -0.3 is 20.5 Å². The first kappa shape index (κ1) is 23.7. The van der Waals surface area contributed by atoms with Crippen LogP contribution in [0.15, 0.2) is 48.5 Å². The molecule has 2 aromatic rings. The number of amides is 2. The first-order valence-corrected chi connectivity index (χ1v) is 11.3. The first-order chi connectivity index (χ1) is 16.3. The van der Waals surface area contributed by atoms with E-state index in [1.165, 1.54) is 0 Å². The van der Waals surface area contributed by atoms with Crippen molar-refractivity contribution in [2.75, 3.05) is 19.7 Å². The second-order valence-corrected chi connectivity index (χ2v) is 8.61. The maximum Gasteiger partial charge on any atom is 0.407 e. The van der Waals surface area contributed by atoms with E-state index in [2.05, 4.69) is 10.6 Å². The zero-order valence-electron chi connectivity index (χ0n) is 18.4. The van der Waals surface area contributed by atoms with Gasteiger partial charge in [0.05, 0.1) is 5.92 Å². The van der Waals surface area contributed by atoms with Crippen LogP contribution in [0.3, 0.4) is 0 Å². The standard InChI is InChI=1S/C25H26F2N2O5/c26-25(27)20(22(25)23(32)28-12-6-5-11-21(30)31)13-29-24(33)34-14-19-17-9-3-1-7-15(17)16-8-2-4-10-18(16)19/h1-4,7-10,19-20,22H,5-6,11-14H2,(H,28,32)(H,29,33)(H,30,31). The van der Waals surface area contributed by atoms with Crippen molar-refractivity contribution in [1.82, 2.24) is 10.6 Å². The van der Waals surface area contributed by atoms with Crippen LogP contribution in [0.1, 0.15) is 36.3 Å². The predicted molar refractivity (Wildman–Crippen MR) is 119 cm³/mol. The highest BCUT2D eigenvalue weighted by Gasteiger charge is 2.71. The summed E-state index contributed by atoms with van der Waals surface area (Å²) >= 11 is 0. The predicted octanol–water partition coefficient (Wildman–Crippen LogP) is 3.78. The summed E-state index contributed by atoms with van der Waals surface area (Å²) in [6.45, 7) is -0.173. The molecule has 2 aromatic carbocycles. The Morgan fingerprint density at radius 2 is 1.56 bits per heavy atom. The van der Waals surface area contributed by atoms with E-state index in [-0.39, 0.29) is 32.0 Å². The number of hydrogen-bond acceptors (Lipinski definition) is 4. The molecule has 2 aliphatic carbocycles. The van der Waals surface area contributed by atoms with Gasteiger partial charge in [-0.3, -0.25) is 9.59 Å². The number of halogens is 2. The molecule has 0 radical (unpaired) electrons. The van der Waals surface area contributed by atoms with E-state index < -0.39 is 35.7 Å². The Labute approximate surface area is 195 Å². The van der Waals surface area contributed by atoms with Crippen LogP contribution in [0.25, 0.3) is 11.1 Å². The van der Waals surface area contributed by atoms with Crippen molar-refractivity contribution in [3.8, 4) is 11.1 Å². The van der Waals surface area contributed by atoms with Gasteiger partial charge in [0.2, 0.25) is 5.91 Å². The van der Waals surface area contributed by atoms with Gasteiger partial charge in [0, 0.05) is 25.4 Å². The topological polar surface area (TPSA) is 105 Å². The minimum absolute atomic E-state index is 0.0395. The molecular formula is C25H26F2N2O5. The van der Waals surface area contributed by atoms with Gasteiger partial charge in [0.25, 0.3) is 5.92 Å². The van der Waals surface area contributed by atoms with Gasteiger partial charge in [0.1, 0.15) is 12.5 Å². The van der Waals surface area contributed by atoms with Gasteiger partial charge in [-0.25, -0.2) is 13.6 Å². The zero-order valence-corrected chi connectivity index (χ0v) is 18.4. The molecular weight excluding hydrogens is 446 g/mol. The smallest absolute Gasteiger partial charge is 0.407 e. The molecule has 0 heterocycles. The molecule has 180 valence electrons. The maximum absolute atomic E-state index is 14.1. The summed E-state index contributed by atoms with van der Waals surface area (Å²) in [5, 5.41) is 13.4. The monoisotopic (exact) mass is 472 g/mol. The van der Waals surface area contributed by atoms with Gasteiger partial charge in [0.15, 0.2) is 0 Å². The molecule has 0 aromatic heterocycles. The van der Waals surface area contributed by atoms with Gasteiger partial charge in [-0.15, -0.1) is 0 Å². The number of rotatable bonds is 10. The fourth-order valence-corrected chi connectivity index (χ4v) is 4.57. The quantitative estimate of drug-likeness (QED) is 0.457. The Bertz CT molecular complexity index is 1040. The highest BCUT2D eigenvalue weighted by atomic mass is 19.3. The lowest BCUT2D eigenvalue weighted by Gasteiger charge is -2.14. The van der Waals surface area contributed by atoms with E-state index in [0.717, 1.165) is 22.3 Å². The molecule has 2 amide bonds. The number of carboxylic acid groups (broad SMARTS) is 1. The molecule has 0 aliphatic heterocycles. The van der Waals surface area contributed by atoms with Gasteiger partial charge in [-0.2, -0.15) is 0 Å². The highest BCUT2D eigenvalue weighted by molar-refractivity contribution is 5.84. The number of unbranched alkanes of at least 4 members (excludes halogenated alkanes) is 1. The second kappa shape index (κ2) is 9.79. The molecule has 1 fully saturated rings. The van der Waals surface area contributed by atoms with E-state index in [1.54, 1.807) is 0 Å². The molecule has 4 rings (SSSR count). The number of hydrogen-bond donors (Lipinski definition) is 3. The molecule has 0 bridgehead atoms. The summed E-state index contributed by atoms with van der Waals surface area (Å²) in [7, 11) is 0. The first-order valence-electron chi connectivity index (χ1n) is 11.3. The summed E-state index contributed by atoms with van der Waals surface area (Å²) in [4.78, 5) is 34.7. The van der Waals surface area contributed by atoms with Crippen LogP contribution in [0.5, 0.6) is 0 Å². The van der Waals surface area contributed by atoms with Gasteiger partial charge in [-0.05, 0) is 35.1 Å². The molecule has 1 saturated carbocycles. The Hall–Kier alpha value is -3.49. The second-order valence-electron chi connectivity index (χ2n) is 8.61. The van der Waals surface area contributed by atoms with E-state index in [4.69, 9.17) is 9.84 Å². The molecule has 2 atom stereocenters. The number of alkyl carbamates (subject to hydrolysis) is 1. The highest BCUT2D eigenvalue weighted by Crippen LogP contribution is 2.55. The average Bonchev–Trinajstić information content (AvgIpc) is 3.22. The summed E-state index contributed by atoms with van der Waals surface area (Å²) < 4.78 is 33.5. The minimum Gasteiger partial charge on any atom is -0.481 e. The largest absolute Gasteiger partial charge is 0.481 e. The molecule has 9 heteroatoms. The van der Waals surface area contributed by atoms with Crippen molar-refractivity contribution in [1.29, 1.82) is 0 Å². The van der Waals surface area contributed by atoms with Gasteiger partial charge >= 0.3 is 12.1 Å². The van der Waals surface area contributed by atoms with Crippen molar-refractivity contribution < 1.29 is 33.0 Å². The number of ether oxygens (including phenoxy) is 1. The Morgan fingerprint density at radius 3 is 2.18 bits per heavy atom. The number of benzene rings is 2. The summed E-state index contributed by atoms with van der Waals surface area (Å²) in [6, 6.07) is 15.7. The third kappa shape index (κ3) is 4.88. The lowest BCUT2D eigenvalue weighted by Crippen LogP contribution is -2.30. The number of fused-ring (bicyclic) bond motifs is 3. The molecule has 0 spiro atoms. The number of alkyl halides is 2. The van der Waals surface area contributed by atoms with Crippen molar-refractivity contribution in [3.05, 3.63) is 59.7 Å². The maximum atomic E-state index is 14.1. The Kier molecular flexibility index (Phi) is 6.81. The van der Waals surface area contributed by atoms with Crippen LogP contribution >= 0.6 is 0 Å². The van der Waals surface area contributed by atoms with Crippen molar-refractivity contribution >= 4 is 18.0 Å². The number of carboxylic acids is 1. The fourth-order valence-electron chi connectivity index (χ4n) is 4.57. The number of carbonyl (C=O) groups is 3. The molecule has 2 aliphatic rings. The van der Waals surface area contributed by atoms with Crippen LogP contribution in [0.4, 0.5) is 13.6 Å². The van der Waals surface area contributed by atoms with E-state index in [0.29, 0.717) is 12.8 Å². The Balaban J connectivity index is 1.24. The number of nitrogens with one attached hydrogen (secondary N) is 2. The molecule has 2 unspecified atom stereocenters. The molecule has 3 N–H and O–H groups in total. The lowest BCUT2D eigenvalue weighted by molar-refractivity contribution is -0.137. The summed E-state index contributed by atoms with van der Waals surface area (Å²) in [5.41, 5.74) is 4.26. The van der Waals surface area contributed by atoms with E-state index >= 15 is 0 Å². The van der Waals surface area contributed by atoms with Crippen LogP contribution in [-0.2, 0) is 14.3 Å². The van der Waals surface area contributed by atoms with Crippen LogP contribution in [0, 0.1) is 11.8 Å². The Morgan fingerprint density at radius 1 is 0.941 bits per heavy atom. The van der Waals surface area contributed by atoms with Crippen LogP contribution < -0.4 is 10.6 Å². The molecule has 7 nitrogen and oxygen atoms in total. The van der Waals surface area contributed by atoms with Crippen LogP contribution in [-0.4, -0.2) is 48.7 Å². The fraction of sp³-hybridized carbons (Fsp3) is 0.400. The molecule has 0 saturated heterocycles. The van der Waals surface area contributed by atoms with Crippen molar-refractivity contribution in [3.63, 3.8) is 0 Å². The van der Waals surface area contributed by atoms with E-state index in [9.17, 15) is 23.2 Å². The van der Waals surface area contributed by atoms with E-state index in [1.807, 2.05) is 48.5 Å². The van der Waals surface area contributed by atoms with Gasteiger partial charge in [-0.1, -0.05) is 48.5 Å². The number of aliphatic carboxylic acids is 1.